The normalized spacial score (nSPS) is 11.7. The minimum Gasteiger partial charge on any atom is -0.482 e. The Hall–Kier alpha value is -2.77. The number of aryl methyl sites for hydroxylation is 1. The number of nitrogens with one attached hydrogen (secondary N) is 1. The standard InChI is InChI=1S/C24H27ClN4O2S/c1-4-14-29-23(18(3)31-21-11-10-20(25)15-17(21)2)27-28-24(29)32-16-22(30)26-13-12-19-8-6-5-7-9-19/h4-11,15,18H,1,12-14,16H2,2-3H3,(H,26,30). The summed E-state index contributed by atoms with van der Waals surface area (Å²) in [6.45, 7) is 8.81. The number of hydrogen-bond acceptors (Lipinski definition) is 5. The molecule has 0 fully saturated rings. The number of halogens is 1. The molecule has 32 heavy (non-hydrogen) atoms. The second-order valence-electron chi connectivity index (χ2n) is 7.28. The number of benzene rings is 2. The average molecular weight is 471 g/mol. The van der Waals surface area contributed by atoms with Crippen molar-refractivity contribution in [2.75, 3.05) is 12.3 Å². The Bertz CT molecular complexity index is 1060. The number of hydrogen-bond donors (Lipinski definition) is 1. The van der Waals surface area contributed by atoms with Gasteiger partial charge in [-0.2, -0.15) is 0 Å². The van der Waals surface area contributed by atoms with E-state index in [4.69, 9.17) is 16.3 Å². The summed E-state index contributed by atoms with van der Waals surface area (Å²) in [5.74, 6) is 1.63. The number of rotatable bonds is 11. The van der Waals surface area contributed by atoms with Gasteiger partial charge in [0.25, 0.3) is 0 Å². The third-order valence-electron chi connectivity index (χ3n) is 4.77. The molecular weight excluding hydrogens is 444 g/mol. The molecule has 0 saturated heterocycles. The van der Waals surface area contributed by atoms with Crippen LogP contribution in [0.4, 0.5) is 0 Å². The van der Waals surface area contributed by atoms with Crippen LogP contribution in [0.2, 0.25) is 5.02 Å². The molecule has 3 aromatic rings. The van der Waals surface area contributed by atoms with Crippen LogP contribution in [0.15, 0.2) is 66.3 Å². The Morgan fingerprint density at radius 2 is 2.06 bits per heavy atom. The fraction of sp³-hybridized carbons (Fsp3) is 0.292. The van der Waals surface area contributed by atoms with Gasteiger partial charge in [0.05, 0.1) is 5.75 Å². The molecule has 0 aliphatic rings. The highest BCUT2D eigenvalue weighted by atomic mass is 35.5. The highest BCUT2D eigenvalue weighted by Gasteiger charge is 2.20. The second kappa shape index (κ2) is 11.7. The molecule has 2 aromatic carbocycles. The molecule has 168 valence electrons. The quantitative estimate of drug-likeness (QED) is 0.315. The van der Waals surface area contributed by atoms with Gasteiger partial charge in [-0.1, -0.05) is 59.8 Å². The summed E-state index contributed by atoms with van der Waals surface area (Å²) in [4.78, 5) is 12.3. The zero-order valence-corrected chi connectivity index (χ0v) is 19.8. The van der Waals surface area contributed by atoms with Gasteiger partial charge in [-0.3, -0.25) is 9.36 Å². The van der Waals surface area contributed by atoms with E-state index in [1.165, 1.54) is 17.3 Å². The van der Waals surface area contributed by atoms with Crippen LogP contribution < -0.4 is 10.1 Å². The largest absolute Gasteiger partial charge is 0.482 e. The molecule has 0 bridgehead atoms. The molecule has 1 atom stereocenters. The Labute approximate surface area is 198 Å². The summed E-state index contributed by atoms with van der Waals surface area (Å²) >= 11 is 7.38. The average Bonchev–Trinajstić information content (AvgIpc) is 3.18. The third-order valence-corrected chi connectivity index (χ3v) is 5.97. The first-order valence-corrected chi connectivity index (χ1v) is 11.7. The van der Waals surface area contributed by atoms with Crippen LogP contribution >= 0.6 is 23.4 Å². The van der Waals surface area contributed by atoms with Gasteiger partial charge in [0.2, 0.25) is 5.91 Å². The van der Waals surface area contributed by atoms with E-state index in [1.807, 2.05) is 48.7 Å². The zero-order valence-electron chi connectivity index (χ0n) is 18.3. The van der Waals surface area contributed by atoms with E-state index in [9.17, 15) is 4.79 Å². The van der Waals surface area contributed by atoms with Gasteiger partial charge < -0.3 is 10.1 Å². The summed E-state index contributed by atoms with van der Waals surface area (Å²) in [5, 5.41) is 12.9. The number of nitrogens with zero attached hydrogens (tertiary/aromatic N) is 3. The van der Waals surface area contributed by atoms with E-state index in [2.05, 4.69) is 34.2 Å². The van der Waals surface area contributed by atoms with E-state index in [1.54, 1.807) is 12.1 Å². The van der Waals surface area contributed by atoms with E-state index in [0.717, 1.165) is 17.7 Å². The van der Waals surface area contributed by atoms with Gasteiger partial charge in [0, 0.05) is 18.1 Å². The predicted octanol–water partition coefficient (Wildman–Crippen LogP) is 5.02. The van der Waals surface area contributed by atoms with Crippen LogP contribution in [-0.4, -0.2) is 33.0 Å². The van der Waals surface area contributed by atoms with Crippen molar-refractivity contribution in [3.05, 3.63) is 83.2 Å². The fourth-order valence-electron chi connectivity index (χ4n) is 3.17. The van der Waals surface area contributed by atoms with Gasteiger partial charge in [-0.15, -0.1) is 16.8 Å². The minimum absolute atomic E-state index is 0.0401. The Balaban J connectivity index is 1.58. The van der Waals surface area contributed by atoms with Crippen LogP contribution in [-0.2, 0) is 17.8 Å². The number of allylic oxidation sites excluding steroid dienone is 1. The van der Waals surface area contributed by atoms with E-state index in [0.29, 0.717) is 29.1 Å². The van der Waals surface area contributed by atoms with Crippen LogP contribution in [0.1, 0.15) is 30.0 Å². The maximum absolute atomic E-state index is 12.3. The van der Waals surface area contributed by atoms with Crippen molar-refractivity contribution >= 4 is 29.3 Å². The number of aromatic nitrogens is 3. The Kier molecular flexibility index (Phi) is 8.76. The van der Waals surface area contributed by atoms with Gasteiger partial charge in [0.15, 0.2) is 17.1 Å². The smallest absolute Gasteiger partial charge is 0.230 e. The lowest BCUT2D eigenvalue weighted by molar-refractivity contribution is -0.118. The summed E-state index contributed by atoms with van der Waals surface area (Å²) in [7, 11) is 0. The molecule has 0 aliphatic heterocycles. The molecule has 3 rings (SSSR count). The Morgan fingerprint density at radius 3 is 2.78 bits per heavy atom. The topological polar surface area (TPSA) is 69.0 Å². The molecule has 1 heterocycles. The molecule has 1 amide bonds. The summed E-state index contributed by atoms with van der Waals surface area (Å²) < 4.78 is 8.02. The van der Waals surface area contributed by atoms with Crippen molar-refractivity contribution in [1.29, 1.82) is 0 Å². The maximum Gasteiger partial charge on any atom is 0.230 e. The van der Waals surface area contributed by atoms with Gasteiger partial charge in [0.1, 0.15) is 5.75 Å². The Morgan fingerprint density at radius 1 is 1.28 bits per heavy atom. The lowest BCUT2D eigenvalue weighted by atomic mass is 10.1. The van der Waals surface area contributed by atoms with Crippen molar-refractivity contribution in [3.63, 3.8) is 0 Å². The molecule has 0 radical (unpaired) electrons. The van der Waals surface area contributed by atoms with Crippen LogP contribution in [0.3, 0.4) is 0 Å². The highest BCUT2D eigenvalue weighted by Crippen LogP contribution is 2.28. The first-order valence-electron chi connectivity index (χ1n) is 10.4. The predicted molar refractivity (Wildman–Crippen MR) is 129 cm³/mol. The fourth-order valence-corrected chi connectivity index (χ4v) is 4.18. The summed E-state index contributed by atoms with van der Waals surface area (Å²) in [6, 6.07) is 15.6. The summed E-state index contributed by atoms with van der Waals surface area (Å²) in [5.41, 5.74) is 2.14. The van der Waals surface area contributed by atoms with Crippen LogP contribution in [0.25, 0.3) is 0 Å². The maximum atomic E-state index is 12.3. The highest BCUT2D eigenvalue weighted by molar-refractivity contribution is 7.99. The summed E-state index contributed by atoms with van der Waals surface area (Å²) in [6.07, 6.45) is 2.24. The first kappa shape index (κ1) is 23.9. The van der Waals surface area contributed by atoms with Crippen molar-refractivity contribution in [2.24, 2.45) is 0 Å². The zero-order chi connectivity index (χ0) is 22.9. The molecule has 1 N–H and O–H groups in total. The van der Waals surface area contributed by atoms with E-state index < -0.39 is 0 Å². The van der Waals surface area contributed by atoms with Crippen molar-refractivity contribution < 1.29 is 9.53 Å². The number of carbonyl (C=O) groups is 1. The second-order valence-corrected chi connectivity index (χ2v) is 8.66. The van der Waals surface area contributed by atoms with Gasteiger partial charge in [-0.05, 0) is 49.6 Å². The molecular formula is C24H27ClN4O2S. The number of carbonyl (C=O) groups excluding carboxylic acids is 1. The first-order chi connectivity index (χ1) is 15.5. The molecule has 1 aromatic heterocycles. The van der Waals surface area contributed by atoms with Gasteiger partial charge >= 0.3 is 0 Å². The lowest BCUT2D eigenvalue weighted by Crippen LogP contribution is -2.27. The number of amides is 1. The number of ether oxygens (including phenoxy) is 1. The van der Waals surface area contributed by atoms with Crippen molar-refractivity contribution in [1.82, 2.24) is 20.1 Å². The molecule has 8 heteroatoms. The molecule has 0 aliphatic carbocycles. The van der Waals surface area contributed by atoms with Gasteiger partial charge in [-0.25, -0.2) is 0 Å². The number of thioether (sulfide) groups is 1. The lowest BCUT2D eigenvalue weighted by Gasteiger charge is -2.17. The molecule has 1 unspecified atom stereocenters. The van der Waals surface area contributed by atoms with Crippen molar-refractivity contribution in [3.8, 4) is 5.75 Å². The molecule has 0 saturated carbocycles. The van der Waals surface area contributed by atoms with Crippen LogP contribution in [0.5, 0.6) is 5.75 Å². The van der Waals surface area contributed by atoms with Crippen molar-refractivity contribution in [2.45, 2.75) is 38.1 Å². The van der Waals surface area contributed by atoms with E-state index >= 15 is 0 Å². The minimum atomic E-state index is -0.337. The SMILES string of the molecule is C=CCn1c(SCC(=O)NCCc2ccccc2)nnc1C(C)Oc1ccc(Cl)cc1C. The third kappa shape index (κ3) is 6.61. The van der Waals surface area contributed by atoms with E-state index in [-0.39, 0.29) is 17.8 Å². The van der Waals surface area contributed by atoms with Crippen LogP contribution in [0, 0.1) is 6.92 Å². The molecule has 6 nitrogen and oxygen atoms in total. The monoisotopic (exact) mass is 470 g/mol. The molecule has 0 spiro atoms.